The van der Waals surface area contributed by atoms with Crippen LogP contribution in [-0.2, 0) is 10.3 Å². The van der Waals surface area contributed by atoms with Crippen LogP contribution in [0.3, 0.4) is 0 Å². The number of likely N-dealkylation sites (tertiary alicyclic amines) is 1. The minimum atomic E-state index is -0.669. The lowest BCUT2D eigenvalue weighted by atomic mass is 9.86. The predicted octanol–water partition coefficient (Wildman–Crippen LogP) is 6.64. The maximum atomic E-state index is 13.5. The van der Waals surface area contributed by atoms with Crippen LogP contribution in [0, 0.1) is 0 Å². The van der Waals surface area contributed by atoms with Gasteiger partial charge >= 0.3 is 0 Å². The zero-order chi connectivity index (χ0) is 26.5. The van der Waals surface area contributed by atoms with Gasteiger partial charge in [0.15, 0.2) is 0 Å². The normalized spacial score (nSPS) is 20.9. The molecule has 200 valence electrons. The Morgan fingerprint density at radius 2 is 1.76 bits per heavy atom. The summed E-state index contributed by atoms with van der Waals surface area (Å²) in [6, 6.07) is 23.8. The fourth-order valence-corrected chi connectivity index (χ4v) is 6.00. The summed E-state index contributed by atoms with van der Waals surface area (Å²) in [6.07, 6.45) is 3.04. The SMILES string of the molecule is COc1cccc(C(=O)N2CCOC(CCN3CCC(c4ccccc4)CC3)(c3ccc(Cl)c(Cl)c3)C2)c1. The molecule has 5 nitrogen and oxygen atoms in total. The molecule has 2 fully saturated rings. The second kappa shape index (κ2) is 12.1. The molecular formula is C31H34Cl2N2O3. The number of piperidine rings is 1. The van der Waals surface area contributed by atoms with Gasteiger partial charge in [-0.15, -0.1) is 0 Å². The molecule has 0 saturated carbocycles. The summed E-state index contributed by atoms with van der Waals surface area (Å²) in [7, 11) is 1.61. The minimum absolute atomic E-state index is 0.0275. The van der Waals surface area contributed by atoms with E-state index in [1.54, 1.807) is 13.2 Å². The average Bonchev–Trinajstić information content (AvgIpc) is 2.98. The summed E-state index contributed by atoms with van der Waals surface area (Å²) in [4.78, 5) is 18.0. The van der Waals surface area contributed by atoms with Crippen molar-refractivity contribution in [2.45, 2.75) is 30.8 Å². The Morgan fingerprint density at radius 3 is 2.50 bits per heavy atom. The highest BCUT2D eigenvalue weighted by molar-refractivity contribution is 6.42. The number of morpholine rings is 1. The molecule has 2 saturated heterocycles. The molecule has 0 aromatic heterocycles. The number of benzene rings is 3. The smallest absolute Gasteiger partial charge is 0.254 e. The van der Waals surface area contributed by atoms with Crippen LogP contribution in [0.15, 0.2) is 72.8 Å². The Labute approximate surface area is 235 Å². The van der Waals surface area contributed by atoms with Crippen LogP contribution < -0.4 is 4.74 Å². The lowest BCUT2D eigenvalue weighted by Crippen LogP contribution is -2.53. The van der Waals surface area contributed by atoms with Crippen LogP contribution >= 0.6 is 23.2 Å². The monoisotopic (exact) mass is 552 g/mol. The van der Waals surface area contributed by atoms with E-state index in [1.807, 2.05) is 41.3 Å². The lowest BCUT2D eigenvalue weighted by Gasteiger charge is -2.44. The third-order valence-electron chi connectivity index (χ3n) is 7.93. The van der Waals surface area contributed by atoms with Gasteiger partial charge in [-0.25, -0.2) is 0 Å². The van der Waals surface area contributed by atoms with Crippen molar-refractivity contribution >= 4 is 29.1 Å². The molecule has 5 rings (SSSR count). The molecule has 0 aliphatic carbocycles. The van der Waals surface area contributed by atoms with Crippen molar-refractivity contribution in [3.63, 3.8) is 0 Å². The molecule has 0 bridgehead atoms. The number of halogens is 2. The van der Waals surface area contributed by atoms with E-state index in [-0.39, 0.29) is 5.91 Å². The number of ether oxygens (including phenoxy) is 2. The topological polar surface area (TPSA) is 42.0 Å². The van der Waals surface area contributed by atoms with E-state index in [1.165, 1.54) is 5.56 Å². The maximum Gasteiger partial charge on any atom is 0.254 e. The zero-order valence-corrected chi connectivity index (χ0v) is 23.3. The first-order chi connectivity index (χ1) is 18.5. The fraction of sp³-hybridized carbons (Fsp3) is 0.387. The minimum Gasteiger partial charge on any atom is -0.497 e. The summed E-state index contributed by atoms with van der Waals surface area (Å²) < 4.78 is 11.9. The van der Waals surface area contributed by atoms with E-state index in [0.717, 1.165) is 44.5 Å². The van der Waals surface area contributed by atoms with E-state index < -0.39 is 5.60 Å². The summed E-state index contributed by atoms with van der Waals surface area (Å²) in [6.45, 7) is 4.39. The van der Waals surface area contributed by atoms with Gasteiger partial charge in [0.25, 0.3) is 5.91 Å². The predicted molar refractivity (Wildman–Crippen MR) is 152 cm³/mol. The molecule has 1 unspecified atom stereocenters. The molecule has 0 spiro atoms. The number of hydrogen-bond donors (Lipinski definition) is 0. The molecule has 0 radical (unpaired) electrons. The van der Waals surface area contributed by atoms with E-state index in [2.05, 4.69) is 35.2 Å². The van der Waals surface area contributed by atoms with E-state index in [9.17, 15) is 4.79 Å². The molecule has 2 heterocycles. The van der Waals surface area contributed by atoms with Crippen LogP contribution in [0.25, 0.3) is 0 Å². The Hall–Kier alpha value is -2.57. The molecular weight excluding hydrogens is 519 g/mol. The highest BCUT2D eigenvalue weighted by Crippen LogP contribution is 2.38. The summed E-state index contributed by atoms with van der Waals surface area (Å²) in [5.41, 5.74) is 2.32. The van der Waals surface area contributed by atoms with Crippen LogP contribution in [0.4, 0.5) is 0 Å². The van der Waals surface area contributed by atoms with Crippen LogP contribution in [0.2, 0.25) is 10.0 Å². The lowest BCUT2D eigenvalue weighted by molar-refractivity contribution is -0.113. The largest absolute Gasteiger partial charge is 0.497 e. The highest BCUT2D eigenvalue weighted by Gasteiger charge is 2.41. The van der Waals surface area contributed by atoms with E-state index in [0.29, 0.717) is 47.0 Å². The molecule has 1 amide bonds. The second-order valence-electron chi connectivity index (χ2n) is 10.2. The Kier molecular flexibility index (Phi) is 8.59. The molecule has 2 aliphatic heterocycles. The molecule has 1 atom stereocenters. The third kappa shape index (κ3) is 6.02. The number of rotatable bonds is 7. The summed E-state index contributed by atoms with van der Waals surface area (Å²) in [5, 5.41) is 1.00. The first-order valence-electron chi connectivity index (χ1n) is 13.3. The number of carbonyl (C=O) groups excluding carboxylic acids is 1. The summed E-state index contributed by atoms with van der Waals surface area (Å²) >= 11 is 12.7. The van der Waals surface area contributed by atoms with Crippen LogP contribution in [-0.4, -0.2) is 62.1 Å². The molecule has 2 aliphatic rings. The Morgan fingerprint density at radius 1 is 0.974 bits per heavy atom. The molecule has 0 N–H and O–H groups in total. The third-order valence-corrected chi connectivity index (χ3v) is 8.66. The standard InChI is InChI=1S/C31H34Cl2N2O3/c1-37-27-9-5-8-25(20-27)30(36)35-18-19-38-31(22-35,26-10-11-28(32)29(33)21-26)14-17-34-15-12-24(13-16-34)23-6-3-2-4-7-23/h2-11,20-21,24H,12-19,22H2,1H3. The van der Waals surface area contributed by atoms with Crippen molar-refractivity contribution < 1.29 is 14.3 Å². The Bertz CT molecular complexity index is 1250. The first-order valence-corrected chi connectivity index (χ1v) is 14.0. The van der Waals surface area contributed by atoms with Crippen molar-refractivity contribution in [2.24, 2.45) is 0 Å². The van der Waals surface area contributed by atoms with Gasteiger partial charge in [0.05, 0.1) is 30.3 Å². The zero-order valence-electron chi connectivity index (χ0n) is 21.7. The van der Waals surface area contributed by atoms with Crippen molar-refractivity contribution in [2.75, 3.05) is 46.4 Å². The first kappa shape index (κ1) is 27.0. The van der Waals surface area contributed by atoms with Gasteiger partial charge in [-0.1, -0.05) is 65.7 Å². The summed E-state index contributed by atoms with van der Waals surface area (Å²) in [5.74, 6) is 1.25. The van der Waals surface area contributed by atoms with Gasteiger partial charge in [0.1, 0.15) is 11.4 Å². The second-order valence-corrected chi connectivity index (χ2v) is 11.0. The number of nitrogens with zero attached hydrogens (tertiary/aromatic N) is 2. The van der Waals surface area contributed by atoms with Crippen LogP contribution in [0.1, 0.15) is 46.7 Å². The van der Waals surface area contributed by atoms with Crippen molar-refractivity contribution in [3.05, 3.63) is 99.5 Å². The average molecular weight is 554 g/mol. The number of hydrogen-bond acceptors (Lipinski definition) is 4. The number of methoxy groups -OCH3 is 1. The quantitative estimate of drug-likeness (QED) is 0.329. The molecule has 3 aromatic rings. The van der Waals surface area contributed by atoms with E-state index in [4.69, 9.17) is 32.7 Å². The fourth-order valence-electron chi connectivity index (χ4n) is 5.70. The van der Waals surface area contributed by atoms with Crippen molar-refractivity contribution in [3.8, 4) is 5.75 Å². The highest BCUT2D eigenvalue weighted by atomic mass is 35.5. The van der Waals surface area contributed by atoms with Crippen molar-refractivity contribution in [1.82, 2.24) is 9.80 Å². The Balaban J connectivity index is 1.33. The van der Waals surface area contributed by atoms with Crippen molar-refractivity contribution in [1.29, 1.82) is 0 Å². The molecule has 38 heavy (non-hydrogen) atoms. The van der Waals surface area contributed by atoms with E-state index >= 15 is 0 Å². The van der Waals surface area contributed by atoms with Crippen LogP contribution in [0.5, 0.6) is 5.75 Å². The molecule has 7 heteroatoms. The maximum absolute atomic E-state index is 13.5. The van der Waals surface area contributed by atoms with Gasteiger partial charge in [-0.3, -0.25) is 4.79 Å². The van der Waals surface area contributed by atoms with Gasteiger partial charge in [-0.2, -0.15) is 0 Å². The van der Waals surface area contributed by atoms with Gasteiger partial charge in [0.2, 0.25) is 0 Å². The van der Waals surface area contributed by atoms with Gasteiger partial charge < -0.3 is 19.3 Å². The number of carbonyl (C=O) groups is 1. The number of amides is 1. The van der Waals surface area contributed by atoms with Gasteiger partial charge in [0, 0.05) is 18.7 Å². The van der Waals surface area contributed by atoms with Gasteiger partial charge in [-0.05, 0) is 79.7 Å². The molecule has 3 aromatic carbocycles.